The summed E-state index contributed by atoms with van der Waals surface area (Å²) in [7, 11) is 0. The molecule has 0 saturated heterocycles. The Hall–Kier alpha value is -2.48. The number of H-pyrrole nitrogens is 2. The molecule has 0 fully saturated rings. The molecule has 2 rings (SSSR count). The first-order chi connectivity index (χ1) is 11.9. The molecule has 25 heavy (non-hydrogen) atoms. The van der Waals surface area contributed by atoms with Crippen LogP contribution in [-0.2, 0) is 16.1 Å². The minimum atomic E-state index is -0.278. The molecule has 0 aliphatic rings. The molecule has 134 valence electrons. The maximum atomic E-state index is 12.3. The molecule has 0 saturated carbocycles. The van der Waals surface area contributed by atoms with Crippen molar-refractivity contribution in [3.05, 3.63) is 61.1 Å². The average molecular weight is 363 g/mol. The standard InChI is InChI=1S/C17H21N3O4S/c1-3-24-15(22)5-4-8-20-10-13(16(23)19-17(20)25)11(2)12-6-7-18-14(21)9-12/h6-7,9-11H,3-5,8H2,1-2H3,(H,18,21)(H,19,23,25). The van der Waals surface area contributed by atoms with Crippen LogP contribution in [0.5, 0.6) is 0 Å². The zero-order valence-corrected chi connectivity index (χ0v) is 15.0. The minimum absolute atomic E-state index is 0.219. The molecule has 0 aliphatic carbocycles. The van der Waals surface area contributed by atoms with Crippen LogP contribution in [-0.4, -0.2) is 27.1 Å². The first-order valence-corrected chi connectivity index (χ1v) is 8.51. The third-order valence-corrected chi connectivity index (χ3v) is 4.23. The summed E-state index contributed by atoms with van der Waals surface area (Å²) in [6, 6.07) is 3.23. The van der Waals surface area contributed by atoms with Crippen LogP contribution in [0, 0.1) is 4.77 Å². The van der Waals surface area contributed by atoms with E-state index in [4.69, 9.17) is 17.0 Å². The van der Waals surface area contributed by atoms with Gasteiger partial charge in [-0.25, -0.2) is 0 Å². The van der Waals surface area contributed by atoms with E-state index in [2.05, 4.69) is 9.97 Å². The van der Waals surface area contributed by atoms with E-state index in [0.717, 1.165) is 5.56 Å². The highest BCUT2D eigenvalue weighted by atomic mass is 32.1. The van der Waals surface area contributed by atoms with Gasteiger partial charge in [0.1, 0.15) is 0 Å². The van der Waals surface area contributed by atoms with Crippen molar-refractivity contribution in [3.8, 4) is 0 Å². The number of esters is 1. The van der Waals surface area contributed by atoms with Gasteiger partial charge >= 0.3 is 5.97 Å². The maximum Gasteiger partial charge on any atom is 0.305 e. The Kier molecular flexibility index (Phi) is 6.46. The summed E-state index contributed by atoms with van der Waals surface area (Å²) >= 11 is 5.19. The Labute approximate surface area is 149 Å². The Morgan fingerprint density at radius 2 is 2.16 bits per heavy atom. The number of aromatic nitrogens is 3. The second-order valence-electron chi connectivity index (χ2n) is 5.65. The molecule has 7 nitrogen and oxygen atoms in total. The summed E-state index contributed by atoms with van der Waals surface area (Å²) in [5.41, 5.74) is 0.752. The van der Waals surface area contributed by atoms with Crippen LogP contribution in [0.3, 0.4) is 0 Å². The normalized spacial score (nSPS) is 11.9. The van der Waals surface area contributed by atoms with Gasteiger partial charge in [0.15, 0.2) is 4.77 Å². The van der Waals surface area contributed by atoms with E-state index >= 15 is 0 Å². The van der Waals surface area contributed by atoms with Crippen LogP contribution in [0.15, 0.2) is 34.1 Å². The van der Waals surface area contributed by atoms with Crippen molar-refractivity contribution in [2.45, 2.75) is 39.2 Å². The Morgan fingerprint density at radius 1 is 1.40 bits per heavy atom. The smallest absolute Gasteiger partial charge is 0.305 e. The molecule has 1 atom stereocenters. The third kappa shape index (κ3) is 4.99. The highest BCUT2D eigenvalue weighted by molar-refractivity contribution is 7.71. The number of carbonyl (C=O) groups excluding carboxylic acids is 1. The molecule has 0 aromatic carbocycles. The molecule has 2 aromatic rings. The number of rotatable bonds is 7. The maximum absolute atomic E-state index is 12.3. The van der Waals surface area contributed by atoms with E-state index < -0.39 is 0 Å². The molecule has 0 bridgehead atoms. The number of hydrogen-bond donors (Lipinski definition) is 2. The third-order valence-electron chi connectivity index (χ3n) is 3.89. The van der Waals surface area contributed by atoms with E-state index in [0.29, 0.717) is 29.9 Å². The topological polar surface area (TPSA) is 96.9 Å². The summed E-state index contributed by atoms with van der Waals surface area (Å²) in [5, 5.41) is 0. The highest BCUT2D eigenvalue weighted by Crippen LogP contribution is 2.19. The second-order valence-corrected chi connectivity index (χ2v) is 6.04. The van der Waals surface area contributed by atoms with Crippen molar-refractivity contribution in [3.63, 3.8) is 0 Å². The van der Waals surface area contributed by atoms with Gasteiger partial charge in [-0.3, -0.25) is 19.4 Å². The van der Waals surface area contributed by atoms with Crippen LogP contribution in [0.1, 0.15) is 43.7 Å². The van der Waals surface area contributed by atoms with Crippen molar-refractivity contribution in [2.75, 3.05) is 6.61 Å². The zero-order valence-electron chi connectivity index (χ0n) is 14.2. The van der Waals surface area contributed by atoms with Gasteiger partial charge in [-0.15, -0.1) is 0 Å². The molecular weight excluding hydrogens is 342 g/mol. The summed E-state index contributed by atoms with van der Waals surface area (Å²) in [6.45, 7) is 4.46. The molecule has 0 amide bonds. The van der Waals surface area contributed by atoms with Gasteiger partial charge in [0.05, 0.1) is 6.61 Å². The van der Waals surface area contributed by atoms with Crippen LogP contribution in [0.2, 0.25) is 0 Å². The van der Waals surface area contributed by atoms with Crippen LogP contribution in [0.4, 0.5) is 0 Å². The van der Waals surface area contributed by atoms with Crippen molar-refractivity contribution in [1.82, 2.24) is 14.5 Å². The quantitative estimate of drug-likeness (QED) is 0.580. The van der Waals surface area contributed by atoms with Crippen LogP contribution < -0.4 is 11.1 Å². The van der Waals surface area contributed by atoms with Gasteiger partial charge in [-0.1, -0.05) is 6.92 Å². The molecular formula is C17H21N3O4S. The summed E-state index contributed by atoms with van der Waals surface area (Å²) in [5.74, 6) is -0.520. The lowest BCUT2D eigenvalue weighted by Gasteiger charge is -2.14. The van der Waals surface area contributed by atoms with Gasteiger partial charge in [-0.2, -0.15) is 0 Å². The fraction of sp³-hybridized carbons (Fsp3) is 0.412. The number of ether oxygens (including phenoxy) is 1. The summed E-state index contributed by atoms with van der Waals surface area (Å²) in [6.07, 6.45) is 4.08. The highest BCUT2D eigenvalue weighted by Gasteiger charge is 2.14. The first-order valence-electron chi connectivity index (χ1n) is 8.10. The molecule has 8 heteroatoms. The van der Waals surface area contributed by atoms with Gasteiger partial charge in [0, 0.05) is 42.9 Å². The molecule has 2 N–H and O–H groups in total. The van der Waals surface area contributed by atoms with Crippen LogP contribution >= 0.6 is 12.2 Å². The van der Waals surface area contributed by atoms with E-state index in [9.17, 15) is 14.4 Å². The Bertz CT molecular complexity index is 913. The number of carbonyl (C=O) groups is 1. The molecule has 0 aliphatic heterocycles. The number of pyridine rings is 1. The van der Waals surface area contributed by atoms with E-state index in [1.54, 1.807) is 30.0 Å². The van der Waals surface area contributed by atoms with Crippen molar-refractivity contribution < 1.29 is 9.53 Å². The number of aryl methyl sites for hydroxylation is 1. The predicted octanol–water partition coefficient (Wildman–Crippen LogP) is 2.09. The molecule has 0 spiro atoms. The molecule has 0 radical (unpaired) electrons. The summed E-state index contributed by atoms with van der Waals surface area (Å²) < 4.78 is 6.93. The lowest BCUT2D eigenvalue weighted by Crippen LogP contribution is -2.21. The lowest BCUT2D eigenvalue weighted by atomic mass is 9.96. The van der Waals surface area contributed by atoms with E-state index in [1.807, 2.05) is 6.92 Å². The number of nitrogens with one attached hydrogen (secondary N) is 2. The van der Waals surface area contributed by atoms with Crippen molar-refractivity contribution in [2.24, 2.45) is 0 Å². The fourth-order valence-electron chi connectivity index (χ4n) is 2.54. The monoisotopic (exact) mass is 363 g/mol. The van der Waals surface area contributed by atoms with Crippen LogP contribution in [0.25, 0.3) is 0 Å². The number of hydrogen-bond acceptors (Lipinski definition) is 5. The predicted molar refractivity (Wildman–Crippen MR) is 96.3 cm³/mol. The van der Waals surface area contributed by atoms with Crippen molar-refractivity contribution >= 4 is 18.2 Å². The van der Waals surface area contributed by atoms with Crippen molar-refractivity contribution in [1.29, 1.82) is 0 Å². The van der Waals surface area contributed by atoms with E-state index in [1.165, 1.54) is 6.07 Å². The zero-order chi connectivity index (χ0) is 18.4. The molecule has 2 heterocycles. The van der Waals surface area contributed by atoms with E-state index in [-0.39, 0.29) is 29.4 Å². The Balaban J connectivity index is 2.22. The van der Waals surface area contributed by atoms with Gasteiger partial charge in [-0.05, 0) is 37.2 Å². The lowest BCUT2D eigenvalue weighted by molar-refractivity contribution is -0.143. The van der Waals surface area contributed by atoms with Gasteiger partial charge in [0.25, 0.3) is 5.56 Å². The first kappa shape index (κ1) is 18.9. The molecule has 2 aromatic heterocycles. The fourth-order valence-corrected chi connectivity index (χ4v) is 2.77. The Morgan fingerprint density at radius 3 is 2.84 bits per heavy atom. The second kappa shape index (κ2) is 8.57. The minimum Gasteiger partial charge on any atom is -0.466 e. The molecule has 1 unspecified atom stereocenters. The number of nitrogens with zero attached hydrogens (tertiary/aromatic N) is 1. The average Bonchev–Trinajstić information content (AvgIpc) is 2.56. The van der Waals surface area contributed by atoms with Gasteiger partial charge < -0.3 is 14.3 Å². The summed E-state index contributed by atoms with van der Waals surface area (Å²) in [4.78, 5) is 40.4. The van der Waals surface area contributed by atoms with Gasteiger partial charge in [0.2, 0.25) is 5.56 Å². The SMILES string of the molecule is CCOC(=O)CCCn1cc(C(C)c2cc[nH]c(=O)c2)c(=O)[nH]c1=S. The number of aromatic amines is 2. The largest absolute Gasteiger partial charge is 0.466 e.